The number of rotatable bonds is 12. The van der Waals surface area contributed by atoms with E-state index in [0.29, 0.717) is 0 Å². The second-order valence-corrected chi connectivity index (χ2v) is 14.0. The summed E-state index contributed by atoms with van der Waals surface area (Å²) in [6, 6.07) is 31.9. The quantitative estimate of drug-likeness (QED) is 0.104. The molecule has 0 aliphatic rings. The van der Waals surface area contributed by atoms with Gasteiger partial charge in [0.2, 0.25) is 0 Å². The van der Waals surface area contributed by atoms with Gasteiger partial charge in [-0.2, -0.15) is 12.6 Å². The molecule has 0 fully saturated rings. The first-order valence-corrected chi connectivity index (χ1v) is 18.0. The minimum atomic E-state index is 0.766. The SMILES string of the molecule is Cc1cc(C)c(-c2ccc3c(c2)c2cc(-c4c(C)cc(C)cc4C)ccc2n3-c2ccc(OCCCCCCCCS)cc2)c(C)c1. The average Bonchev–Trinajstić information content (AvgIpc) is 3.35. The third-order valence-electron chi connectivity index (χ3n) is 9.61. The third kappa shape index (κ3) is 7.02. The number of hydrogen-bond donors (Lipinski definition) is 1. The Morgan fingerprint density at radius 1 is 0.511 bits per heavy atom. The molecule has 0 atom stereocenters. The van der Waals surface area contributed by atoms with Gasteiger partial charge in [0.15, 0.2) is 0 Å². The van der Waals surface area contributed by atoms with Crippen LogP contribution in [-0.2, 0) is 0 Å². The molecular weight excluding hydrogens is 591 g/mol. The average molecular weight is 640 g/mol. The van der Waals surface area contributed by atoms with Crippen LogP contribution in [0, 0.1) is 41.5 Å². The van der Waals surface area contributed by atoms with Crippen LogP contribution in [0.5, 0.6) is 5.75 Å². The lowest BCUT2D eigenvalue weighted by atomic mass is 9.91. The Hall–Kier alpha value is -3.95. The fraction of sp³-hybridized carbons (Fsp3) is 0.318. The molecule has 0 N–H and O–H groups in total. The zero-order valence-corrected chi connectivity index (χ0v) is 29.9. The van der Waals surface area contributed by atoms with Gasteiger partial charge in [-0.3, -0.25) is 0 Å². The standard InChI is InChI=1S/C44H49NOS/c1-29-23-31(3)43(32(4)24-29)35-13-19-41-39(27-35)40-28-36(44-33(5)25-30(2)26-34(44)6)14-20-42(40)45(41)37-15-17-38(18-16-37)46-21-11-9-7-8-10-12-22-47/h13-20,23-28,47H,7-12,21-22H2,1-6H3. The number of aryl methyl sites for hydroxylation is 6. The highest BCUT2D eigenvalue weighted by Gasteiger charge is 2.17. The van der Waals surface area contributed by atoms with E-state index in [1.54, 1.807) is 0 Å². The summed E-state index contributed by atoms with van der Waals surface area (Å²) in [6.07, 6.45) is 7.40. The zero-order valence-electron chi connectivity index (χ0n) is 29.0. The molecule has 6 aromatic rings. The van der Waals surface area contributed by atoms with Crippen molar-refractivity contribution in [2.45, 2.75) is 80.1 Å². The van der Waals surface area contributed by atoms with Gasteiger partial charge >= 0.3 is 0 Å². The minimum Gasteiger partial charge on any atom is -0.494 e. The van der Waals surface area contributed by atoms with Gasteiger partial charge in [0.25, 0.3) is 0 Å². The summed E-state index contributed by atoms with van der Waals surface area (Å²) in [5.74, 6) is 1.93. The van der Waals surface area contributed by atoms with E-state index in [0.717, 1.165) is 30.2 Å². The van der Waals surface area contributed by atoms with Crippen LogP contribution in [0.25, 0.3) is 49.7 Å². The van der Waals surface area contributed by atoms with Crippen molar-refractivity contribution in [2.24, 2.45) is 0 Å². The maximum Gasteiger partial charge on any atom is 0.119 e. The molecular formula is C44H49NOS. The maximum absolute atomic E-state index is 6.15. The summed E-state index contributed by atoms with van der Waals surface area (Å²) in [5, 5.41) is 2.55. The molecule has 5 aromatic carbocycles. The first-order valence-electron chi connectivity index (χ1n) is 17.3. The molecule has 1 heterocycles. The van der Waals surface area contributed by atoms with Crippen molar-refractivity contribution in [3.05, 3.63) is 118 Å². The molecule has 2 nitrogen and oxygen atoms in total. The molecule has 0 saturated heterocycles. The van der Waals surface area contributed by atoms with Crippen molar-refractivity contribution in [3.8, 4) is 33.7 Å². The Morgan fingerprint density at radius 3 is 1.43 bits per heavy atom. The van der Waals surface area contributed by atoms with Crippen molar-refractivity contribution in [2.75, 3.05) is 12.4 Å². The minimum absolute atomic E-state index is 0.766. The molecule has 0 saturated carbocycles. The summed E-state index contributed by atoms with van der Waals surface area (Å²) >= 11 is 4.31. The molecule has 0 radical (unpaired) electrons. The molecule has 47 heavy (non-hydrogen) atoms. The van der Waals surface area contributed by atoms with E-state index in [-0.39, 0.29) is 0 Å². The topological polar surface area (TPSA) is 14.2 Å². The largest absolute Gasteiger partial charge is 0.494 e. The van der Waals surface area contributed by atoms with Crippen LogP contribution in [0.3, 0.4) is 0 Å². The van der Waals surface area contributed by atoms with E-state index >= 15 is 0 Å². The van der Waals surface area contributed by atoms with Crippen molar-refractivity contribution in [1.82, 2.24) is 4.57 Å². The van der Waals surface area contributed by atoms with Gasteiger partial charge in [0.05, 0.1) is 17.6 Å². The molecule has 0 aliphatic heterocycles. The van der Waals surface area contributed by atoms with Crippen molar-refractivity contribution >= 4 is 34.4 Å². The monoisotopic (exact) mass is 639 g/mol. The van der Waals surface area contributed by atoms with Gasteiger partial charge in [-0.15, -0.1) is 0 Å². The van der Waals surface area contributed by atoms with E-state index < -0.39 is 0 Å². The van der Waals surface area contributed by atoms with Crippen molar-refractivity contribution < 1.29 is 4.74 Å². The van der Waals surface area contributed by atoms with E-state index in [9.17, 15) is 0 Å². The lowest BCUT2D eigenvalue weighted by molar-refractivity contribution is 0.304. The molecule has 3 heteroatoms. The number of thiol groups is 1. The number of fused-ring (bicyclic) bond motifs is 3. The summed E-state index contributed by atoms with van der Waals surface area (Å²) in [7, 11) is 0. The lowest BCUT2D eigenvalue weighted by Crippen LogP contribution is -1.98. The highest BCUT2D eigenvalue weighted by Crippen LogP contribution is 2.40. The normalized spacial score (nSPS) is 11.6. The van der Waals surface area contributed by atoms with Crippen LogP contribution < -0.4 is 4.74 Å². The smallest absolute Gasteiger partial charge is 0.119 e. The van der Waals surface area contributed by atoms with Crippen molar-refractivity contribution in [3.63, 3.8) is 0 Å². The van der Waals surface area contributed by atoms with E-state index in [1.807, 2.05) is 0 Å². The molecule has 6 rings (SSSR count). The molecule has 0 unspecified atom stereocenters. The Morgan fingerprint density at radius 2 is 0.957 bits per heavy atom. The first kappa shape index (κ1) is 33.0. The van der Waals surface area contributed by atoms with Crippen LogP contribution in [0.4, 0.5) is 0 Å². The fourth-order valence-corrected chi connectivity index (χ4v) is 7.91. The van der Waals surface area contributed by atoms with Crippen LogP contribution >= 0.6 is 12.6 Å². The highest BCUT2D eigenvalue weighted by atomic mass is 32.1. The summed E-state index contributed by atoms with van der Waals surface area (Å²) in [5.41, 5.74) is 16.7. The lowest BCUT2D eigenvalue weighted by Gasteiger charge is -2.13. The molecule has 0 aliphatic carbocycles. The van der Waals surface area contributed by atoms with Gasteiger partial charge < -0.3 is 9.30 Å². The number of benzene rings is 5. The Kier molecular flexibility index (Phi) is 10.1. The highest BCUT2D eigenvalue weighted by molar-refractivity contribution is 7.80. The van der Waals surface area contributed by atoms with Crippen LogP contribution in [0.15, 0.2) is 84.9 Å². The second kappa shape index (κ2) is 14.4. The Balaban J connectivity index is 1.39. The summed E-state index contributed by atoms with van der Waals surface area (Å²) < 4.78 is 8.56. The fourth-order valence-electron chi connectivity index (χ4n) is 7.69. The van der Waals surface area contributed by atoms with E-state index in [2.05, 4.69) is 144 Å². The van der Waals surface area contributed by atoms with Gasteiger partial charge in [-0.1, -0.05) is 73.2 Å². The van der Waals surface area contributed by atoms with E-state index in [4.69, 9.17) is 4.74 Å². The van der Waals surface area contributed by atoms with E-state index in [1.165, 1.54) is 110 Å². The molecule has 0 amide bonds. The van der Waals surface area contributed by atoms with Crippen molar-refractivity contribution in [1.29, 1.82) is 0 Å². The Bertz CT molecular complexity index is 1870. The number of ether oxygens (including phenoxy) is 1. The summed E-state index contributed by atoms with van der Waals surface area (Å²) in [6.45, 7) is 14.1. The molecule has 1 aromatic heterocycles. The maximum atomic E-state index is 6.15. The van der Waals surface area contributed by atoms with Crippen LogP contribution in [0.1, 0.15) is 71.9 Å². The van der Waals surface area contributed by atoms with Crippen LogP contribution in [-0.4, -0.2) is 16.9 Å². The number of nitrogens with zero attached hydrogens (tertiary/aromatic N) is 1. The van der Waals surface area contributed by atoms with Gasteiger partial charge in [0, 0.05) is 16.5 Å². The molecule has 242 valence electrons. The predicted molar refractivity (Wildman–Crippen MR) is 207 cm³/mol. The zero-order chi connectivity index (χ0) is 33.1. The third-order valence-corrected chi connectivity index (χ3v) is 9.93. The molecule has 0 bridgehead atoms. The van der Waals surface area contributed by atoms with Gasteiger partial charge in [-0.05, 0) is 153 Å². The molecule has 0 spiro atoms. The van der Waals surface area contributed by atoms with Crippen LogP contribution in [0.2, 0.25) is 0 Å². The number of unbranched alkanes of at least 4 members (excludes halogenated alkanes) is 5. The Labute approximate surface area is 287 Å². The van der Waals surface area contributed by atoms with Gasteiger partial charge in [0.1, 0.15) is 5.75 Å². The number of aromatic nitrogens is 1. The second-order valence-electron chi connectivity index (χ2n) is 13.5. The number of hydrogen-bond acceptors (Lipinski definition) is 2. The van der Waals surface area contributed by atoms with Gasteiger partial charge in [-0.25, -0.2) is 0 Å². The first-order chi connectivity index (χ1) is 22.7. The summed E-state index contributed by atoms with van der Waals surface area (Å²) in [4.78, 5) is 0. The predicted octanol–water partition coefficient (Wildman–Crippen LogP) is 12.6.